The van der Waals surface area contributed by atoms with E-state index in [1.54, 1.807) is 6.07 Å². The largest absolute Gasteiger partial charge is 0.508 e. The van der Waals surface area contributed by atoms with Crippen LogP contribution in [-0.2, 0) is 11.3 Å². The Balaban J connectivity index is 1.44. The third-order valence-electron chi connectivity index (χ3n) is 4.63. The predicted octanol–water partition coefficient (Wildman–Crippen LogP) is 1.18. The Morgan fingerprint density at radius 1 is 1.27 bits per heavy atom. The molecule has 22 heavy (non-hydrogen) atoms. The molecular formula is C17H25N3O2. The maximum absolute atomic E-state index is 12.3. The molecule has 2 aliphatic rings. The second-order valence-electron chi connectivity index (χ2n) is 6.32. The van der Waals surface area contributed by atoms with E-state index in [1.807, 2.05) is 23.1 Å². The summed E-state index contributed by atoms with van der Waals surface area (Å²) in [6, 6.07) is 7.79. The Bertz CT molecular complexity index is 506. The van der Waals surface area contributed by atoms with Gasteiger partial charge in [0.15, 0.2) is 0 Å². The van der Waals surface area contributed by atoms with Gasteiger partial charge in [0.25, 0.3) is 0 Å². The van der Waals surface area contributed by atoms with Crippen molar-refractivity contribution < 1.29 is 9.90 Å². The van der Waals surface area contributed by atoms with Crippen LogP contribution in [0.1, 0.15) is 24.8 Å². The highest BCUT2D eigenvalue weighted by Crippen LogP contribution is 2.15. The first-order valence-electron chi connectivity index (χ1n) is 8.22. The lowest BCUT2D eigenvalue weighted by molar-refractivity contribution is -0.133. The summed E-state index contributed by atoms with van der Waals surface area (Å²) < 4.78 is 0. The van der Waals surface area contributed by atoms with Crippen LogP contribution in [0.15, 0.2) is 24.3 Å². The molecule has 2 heterocycles. The van der Waals surface area contributed by atoms with E-state index in [0.717, 1.165) is 51.3 Å². The fourth-order valence-electron chi connectivity index (χ4n) is 3.34. The lowest BCUT2D eigenvalue weighted by atomic mass is 10.1. The average Bonchev–Trinajstić information content (AvgIpc) is 3.01. The van der Waals surface area contributed by atoms with Crippen LogP contribution in [0.2, 0.25) is 0 Å². The smallest absolute Gasteiger partial charge is 0.224 e. The summed E-state index contributed by atoms with van der Waals surface area (Å²) in [4.78, 5) is 16.6. The second-order valence-corrected chi connectivity index (χ2v) is 6.32. The van der Waals surface area contributed by atoms with Crippen molar-refractivity contribution in [2.75, 3.05) is 32.7 Å². The van der Waals surface area contributed by atoms with E-state index in [4.69, 9.17) is 0 Å². The van der Waals surface area contributed by atoms with Crippen LogP contribution in [0.5, 0.6) is 5.75 Å². The molecule has 2 fully saturated rings. The van der Waals surface area contributed by atoms with Crippen molar-refractivity contribution in [3.8, 4) is 5.75 Å². The summed E-state index contributed by atoms with van der Waals surface area (Å²) in [6.07, 6.45) is 2.96. The van der Waals surface area contributed by atoms with Crippen LogP contribution in [0, 0.1) is 0 Å². The minimum absolute atomic E-state index is 0.288. The van der Waals surface area contributed by atoms with Crippen LogP contribution in [0.25, 0.3) is 0 Å². The van der Waals surface area contributed by atoms with Gasteiger partial charge in [0, 0.05) is 45.2 Å². The summed E-state index contributed by atoms with van der Waals surface area (Å²) in [5, 5.41) is 12.9. The highest BCUT2D eigenvalue weighted by atomic mass is 16.3. The first-order valence-corrected chi connectivity index (χ1v) is 8.22. The Labute approximate surface area is 131 Å². The van der Waals surface area contributed by atoms with Crippen LogP contribution < -0.4 is 5.32 Å². The number of phenols is 1. The van der Waals surface area contributed by atoms with Gasteiger partial charge in [-0.2, -0.15) is 0 Å². The summed E-state index contributed by atoms with van der Waals surface area (Å²) >= 11 is 0. The van der Waals surface area contributed by atoms with Crippen molar-refractivity contribution in [1.82, 2.24) is 15.1 Å². The molecule has 0 aliphatic carbocycles. The number of nitrogens with one attached hydrogen (secondary N) is 1. The van der Waals surface area contributed by atoms with Gasteiger partial charge in [-0.15, -0.1) is 0 Å². The zero-order valence-electron chi connectivity index (χ0n) is 13.0. The monoisotopic (exact) mass is 303 g/mol. The van der Waals surface area contributed by atoms with Gasteiger partial charge in [0.05, 0.1) is 0 Å². The number of hydrogen-bond donors (Lipinski definition) is 2. The second kappa shape index (κ2) is 7.11. The molecule has 3 rings (SSSR count). The minimum atomic E-state index is 0.288. The number of hydrogen-bond acceptors (Lipinski definition) is 4. The van der Waals surface area contributed by atoms with Gasteiger partial charge in [-0.3, -0.25) is 9.69 Å². The molecule has 1 amide bonds. The van der Waals surface area contributed by atoms with Gasteiger partial charge in [-0.25, -0.2) is 0 Å². The van der Waals surface area contributed by atoms with Gasteiger partial charge in [0.2, 0.25) is 5.91 Å². The third kappa shape index (κ3) is 3.99. The number of piperazine rings is 1. The lowest BCUT2D eigenvalue weighted by Gasteiger charge is -2.35. The molecule has 1 aromatic rings. The summed E-state index contributed by atoms with van der Waals surface area (Å²) in [6.45, 7) is 5.31. The standard InChI is InChI=1S/C17H25N3O2/c21-16-5-1-3-14(11-16)13-19-7-9-20(10-8-19)17(22)12-15-4-2-6-18-15/h1,3,5,11,15,18,21H,2,4,6-10,12-13H2. The molecule has 120 valence electrons. The number of carbonyl (C=O) groups excluding carboxylic acids is 1. The first-order chi connectivity index (χ1) is 10.7. The van der Waals surface area contributed by atoms with Crippen LogP contribution in [0.4, 0.5) is 0 Å². The van der Waals surface area contributed by atoms with Gasteiger partial charge >= 0.3 is 0 Å². The molecule has 5 heteroatoms. The van der Waals surface area contributed by atoms with E-state index < -0.39 is 0 Å². The van der Waals surface area contributed by atoms with E-state index >= 15 is 0 Å². The molecule has 5 nitrogen and oxygen atoms in total. The highest BCUT2D eigenvalue weighted by Gasteiger charge is 2.24. The summed E-state index contributed by atoms with van der Waals surface area (Å²) in [7, 11) is 0. The molecule has 0 spiro atoms. The molecule has 0 aromatic heterocycles. The fraction of sp³-hybridized carbons (Fsp3) is 0.588. The van der Waals surface area contributed by atoms with E-state index in [-0.39, 0.29) is 5.91 Å². The van der Waals surface area contributed by atoms with E-state index in [2.05, 4.69) is 10.2 Å². The van der Waals surface area contributed by atoms with Crippen LogP contribution in [-0.4, -0.2) is 59.6 Å². The zero-order chi connectivity index (χ0) is 15.4. The van der Waals surface area contributed by atoms with Crippen molar-refractivity contribution in [2.24, 2.45) is 0 Å². The Hall–Kier alpha value is -1.59. The number of aromatic hydroxyl groups is 1. The number of carbonyl (C=O) groups is 1. The van der Waals surface area contributed by atoms with Gasteiger partial charge in [-0.1, -0.05) is 12.1 Å². The van der Waals surface area contributed by atoms with Gasteiger partial charge < -0.3 is 15.3 Å². The van der Waals surface area contributed by atoms with Gasteiger partial charge in [0.1, 0.15) is 5.75 Å². The minimum Gasteiger partial charge on any atom is -0.508 e. The summed E-state index contributed by atoms with van der Waals surface area (Å²) in [5.74, 6) is 0.604. The maximum atomic E-state index is 12.3. The third-order valence-corrected chi connectivity index (χ3v) is 4.63. The van der Waals surface area contributed by atoms with Crippen molar-refractivity contribution in [3.05, 3.63) is 29.8 Å². The SMILES string of the molecule is O=C(CC1CCCN1)N1CCN(Cc2cccc(O)c2)CC1. The lowest BCUT2D eigenvalue weighted by Crippen LogP contribution is -2.49. The molecule has 1 aromatic carbocycles. The Morgan fingerprint density at radius 2 is 2.09 bits per heavy atom. The molecular weight excluding hydrogens is 278 g/mol. The average molecular weight is 303 g/mol. The van der Waals surface area contributed by atoms with E-state index in [1.165, 1.54) is 6.42 Å². The predicted molar refractivity (Wildman–Crippen MR) is 85.6 cm³/mol. The normalized spacial score (nSPS) is 22.9. The quantitative estimate of drug-likeness (QED) is 0.877. The first kappa shape index (κ1) is 15.3. The molecule has 2 saturated heterocycles. The van der Waals surface area contributed by atoms with Crippen molar-refractivity contribution in [2.45, 2.75) is 31.8 Å². The Morgan fingerprint density at radius 3 is 2.77 bits per heavy atom. The molecule has 2 aliphatic heterocycles. The zero-order valence-corrected chi connectivity index (χ0v) is 13.0. The number of rotatable bonds is 4. The number of benzene rings is 1. The molecule has 0 radical (unpaired) electrons. The number of nitrogens with zero attached hydrogens (tertiary/aromatic N) is 2. The molecule has 0 saturated carbocycles. The molecule has 2 N–H and O–H groups in total. The topological polar surface area (TPSA) is 55.8 Å². The number of amides is 1. The van der Waals surface area contributed by atoms with Crippen LogP contribution >= 0.6 is 0 Å². The highest BCUT2D eigenvalue weighted by molar-refractivity contribution is 5.77. The number of phenolic OH excluding ortho intramolecular Hbond substituents is 1. The molecule has 1 unspecified atom stereocenters. The molecule has 0 bridgehead atoms. The fourth-order valence-corrected chi connectivity index (χ4v) is 3.34. The Kier molecular flexibility index (Phi) is 4.95. The van der Waals surface area contributed by atoms with Crippen molar-refractivity contribution in [1.29, 1.82) is 0 Å². The van der Waals surface area contributed by atoms with Crippen LogP contribution in [0.3, 0.4) is 0 Å². The molecule has 1 atom stereocenters. The summed E-state index contributed by atoms with van der Waals surface area (Å²) in [5.41, 5.74) is 1.12. The van der Waals surface area contributed by atoms with Gasteiger partial charge in [-0.05, 0) is 37.1 Å². The van der Waals surface area contributed by atoms with Crippen molar-refractivity contribution >= 4 is 5.91 Å². The van der Waals surface area contributed by atoms with E-state index in [9.17, 15) is 9.90 Å². The van der Waals surface area contributed by atoms with Crippen molar-refractivity contribution in [3.63, 3.8) is 0 Å². The maximum Gasteiger partial charge on any atom is 0.224 e. The van der Waals surface area contributed by atoms with E-state index in [0.29, 0.717) is 18.2 Å².